The molecule has 0 spiro atoms. The number of aromatic nitrogens is 3. The maximum absolute atomic E-state index is 12.2. The van der Waals surface area contributed by atoms with Crippen LogP contribution in [0.15, 0.2) is 42.0 Å². The molecule has 0 radical (unpaired) electrons. The van der Waals surface area contributed by atoms with E-state index >= 15 is 0 Å². The van der Waals surface area contributed by atoms with Crippen LogP contribution in [0.3, 0.4) is 0 Å². The van der Waals surface area contributed by atoms with Crippen molar-refractivity contribution in [3.63, 3.8) is 0 Å². The van der Waals surface area contributed by atoms with Gasteiger partial charge < -0.3 is 5.32 Å². The molecule has 2 aromatic heterocycles. The summed E-state index contributed by atoms with van der Waals surface area (Å²) in [7, 11) is 1.81. The molecule has 0 unspecified atom stereocenters. The number of rotatable bonds is 4. The Labute approximate surface area is 136 Å². The van der Waals surface area contributed by atoms with Crippen molar-refractivity contribution in [1.82, 2.24) is 14.8 Å². The molecule has 7 heteroatoms. The fourth-order valence-corrected chi connectivity index (χ4v) is 2.85. The van der Waals surface area contributed by atoms with Crippen LogP contribution in [0.5, 0.6) is 0 Å². The van der Waals surface area contributed by atoms with E-state index < -0.39 is 0 Å². The highest BCUT2D eigenvalue weighted by atomic mass is 32.1. The molecular formula is C16H14N4O2S. The van der Waals surface area contributed by atoms with E-state index in [1.807, 2.05) is 12.1 Å². The minimum atomic E-state index is -0.230. The molecule has 3 rings (SSSR count). The summed E-state index contributed by atoms with van der Waals surface area (Å²) >= 11 is 1.25. The average Bonchev–Trinajstić information content (AvgIpc) is 3.17. The molecule has 3 aromatic rings. The van der Waals surface area contributed by atoms with Crippen LogP contribution >= 0.6 is 11.3 Å². The molecule has 1 aromatic carbocycles. The second-order valence-corrected chi connectivity index (χ2v) is 5.94. The minimum Gasteiger partial charge on any atom is -0.321 e. The van der Waals surface area contributed by atoms with Gasteiger partial charge >= 0.3 is 0 Å². The normalized spacial score (nSPS) is 10.5. The Kier molecular flexibility index (Phi) is 4.03. The molecule has 6 nitrogen and oxygen atoms in total. The monoisotopic (exact) mass is 326 g/mol. The number of aryl methyl sites for hydroxylation is 1. The standard InChI is InChI=1S/C16H14N4O2S/c1-10(21)12-7-14(23-8-12)16(22)18-13-5-3-11(4-6-13)15-17-9-20(2)19-15/h3-9H,1-2H3,(H,18,22). The van der Waals surface area contributed by atoms with E-state index in [1.165, 1.54) is 18.3 Å². The van der Waals surface area contributed by atoms with E-state index in [1.54, 1.807) is 41.6 Å². The van der Waals surface area contributed by atoms with Crippen molar-refractivity contribution in [2.45, 2.75) is 6.92 Å². The lowest BCUT2D eigenvalue weighted by Gasteiger charge is -2.04. The Balaban J connectivity index is 1.72. The number of carbonyl (C=O) groups is 2. The maximum Gasteiger partial charge on any atom is 0.265 e. The van der Waals surface area contributed by atoms with Crippen LogP contribution in [-0.4, -0.2) is 26.5 Å². The number of nitrogens with one attached hydrogen (secondary N) is 1. The zero-order chi connectivity index (χ0) is 16.4. The predicted octanol–water partition coefficient (Wildman–Crippen LogP) is 3.00. The van der Waals surface area contributed by atoms with E-state index in [-0.39, 0.29) is 11.7 Å². The van der Waals surface area contributed by atoms with E-state index in [4.69, 9.17) is 0 Å². The van der Waals surface area contributed by atoms with Gasteiger partial charge in [-0.2, -0.15) is 5.10 Å². The van der Waals surface area contributed by atoms with Crippen molar-refractivity contribution in [3.05, 3.63) is 52.5 Å². The number of Topliss-reactive ketones (excluding diaryl/α,β-unsaturated/α-hetero) is 1. The summed E-state index contributed by atoms with van der Waals surface area (Å²) in [5.74, 6) is 0.355. The first kappa shape index (κ1) is 15.1. The maximum atomic E-state index is 12.2. The van der Waals surface area contributed by atoms with Gasteiger partial charge in [-0.25, -0.2) is 4.98 Å². The Hall–Kier alpha value is -2.80. The number of benzene rings is 1. The molecule has 0 fully saturated rings. The highest BCUT2D eigenvalue weighted by Gasteiger charge is 2.11. The molecule has 0 aliphatic heterocycles. The molecule has 0 atom stereocenters. The number of amides is 1. The van der Waals surface area contributed by atoms with Crippen molar-refractivity contribution in [2.75, 3.05) is 5.32 Å². The third kappa shape index (κ3) is 3.35. The van der Waals surface area contributed by atoms with Crippen LogP contribution < -0.4 is 5.32 Å². The van der Waals surface area contributed by atoms with Crippen molar-refractivity contribution < 1.29 is 9.59 Å². The fraction of sp³-hybridized carbons (Fsp3) is 0.125. The predicted molar refractivity (Wildman–Crippen MR) is 88.7 cm³/mol. The van der Waals surface area contributed by atoms with Gasteiger partial charge in [-0.3, -0.25) is 14.3 Å². The lowest BCUT2D eigenvalue weighted by atomic mass is 10.2. The van der Waals surface area contributed by atoms with Crippen LogP contribution in [0, 0.1) is 0 Å². The second-order valence-electron chi connectivity index (χ2n) is 5.03. The third-order valence-electron chi connectivity index (χ3n) is 3.23. The summed E-state index contributed by atoms with van der Waals surface area (Å²) in [6.45, 7) is 1.48. The van der Waals surface area contributed by atoms with Gasteiger partial charge in [-0.05, 0) is 37.3 Å². The van der Waals surface area contributed by atoms with Crippen LogP contribution in [0.1, 0.15) is 27.0 Å². The summed E-state index contributed by atoms with van der Waals surface area (Å²) in [6.07, 6.45) is 1.63. The second kappa shape index (κ2) is 6.13. The topological polar surface area (TPSA) is 76.9 Å². The van der Waals surface area contributed by atoms with Gasteiger partial charge in [0.15, 0.2) is 11.6 Å². The van der Waals surface area contributed by atoms with Crippen molar-refractivity contribution in [3.8, 4) is 11.4 Å². The van der Waals surface area contributed by atoms with E-state index in [9.17, 15) is 9.59 Å². The first-order chi connectivity index (χ1) is 11.0. The highest BCUT2D eigenvalue weighted by molar-refractivity contribution is 7.12. The molecule has 2 heterocycles. The first-order valence-corrected chi connectivity index (χ1v) is 7.78. The Morgan fingerprint density at radius 1 is 1.22 bits per heavy atom. The number of hydrogen-bond acceptors (Lipinski definition) is 5. The summed E-state index contributed by atoms with van der Waals surface area (Å²) in [4.78, 5) is 28.1. The van der Waals surface area contributed by atoms with Crippen molar-refractivity contribution >= 4 is 28.7 Å². The molecule has 23 heavy (non-hydrogen) atoms. The highest BCUT2D eigenvalue weighted by Crippen LogP contribution is 2.20. The number of carbonyl (C=O) groups excluding carboxylic acids is 2. The van der Waals surface area contributed by atoms with E-state index in [0.717, 1.165) is 5.56 Å². The van der Waals surface area contributed by atoms with Crippen molar-refractivity contribution in [1.29, 1.82) is 0 Å². The number of nitrogens with zero attached hydrogens (tertiary/aromatic N) is 3. The van der Waals surface area contributed by atoms with Gasteiger partial charge in [0.1, 0.15) is 6.33 Å². The summed E-state index contributed by atoms with van der Waals surface area (Å²) < 4.78 is 1.63. The first-order valence-electron chi connectivity index (χ1n) is 6.90. The Morgan fingerprint density at radius 2 is 1.96 bits per heavy atom. The molecule has 0 bridgehead atoms. The van der Waals surface area contributed by atoms with E-state index in [0.29, 0.717) is 22.0 Å². The number of anilines is 1. The van der Waals surface area contributed by atoms with Gasteiger partial charge in [0.25, 0.3) is 5.91 Å². The van der Waals surface area contributed by atoms with Crippen LogP contribution in [0.25, 0.3) is 11.4 Å². The minimum absolute atomic E-state index is 0.0486. The van der Waals surface area contributed by atoms with Crippen molar-refractivity contribution in [2.24, 2.45) is 7.05 Å². The lowest BCUT2D eigenvalue weighted by molar-refractivity contribution is 0.101. The summed E-state index contributed by atoms with van der Waals surface area (Å²) in [5, 5.41) is 8.72. The summed E-state index contributed by atoms with van der Waals surface area (Å²) in [6, 6.07) is 8.89. The van der Waals surface area contributed by atoms with E-state index in [2.05, 4.69) is 15.4 Å². The largest absolute Gasteiger partial charge is 0.321 e. The van der Waals surface area contributed by atoms with Gasteiger partial charge in [-0.1, -0.05) is 0 Å². The molecule has 1 amide bonds. The van der Waals surface area contributed by atoms with Gasteiger partial charge in [0.2, 0.25) is 0 Å². The van der Waals surface area contributed by atoms with Gasteiger partial charge in [-0.15, -0.1) is 11.3 Å². The zero-order valence-electron chi connectivity index (χ0n) is 12.6. The van der Waals surface area contributed by atoms with Crippen LogP contribution in [-0.2, 0) is 7.05 Å². The molecule has 0 saturated heterocycles. The molecule has 1 N–H and O–H groups in total. The molecular weight excluding hydrogens is 312 g/mol. The smallest absolute Gasteiger partial charge is 0.265 e. The summed E-state index contributed by atoms with van der Waals surface area (Å²) in [5.41, 5.74) is 2.10. The lowest BCUT2D eigenvalue weighted by Crippen LogP contribution is -2.10. The van der Waals surface area contributed by atoms with Gasteiger partial charge in [0, 0.05) is 29.2 Å². The average molecular weight is 326 g/mol. The molecule has 116 valence electrons. The Bertz CT molecular complexity index is 864. The number of hydrogen-bond donors (Lipinski definition) is 1. The third-order valence-corrected chi connectivity index (χ3v) is 4.16. The fourth-order valence-electron chi connectivity index (χ4n) is 2.01. The molecule has 0 aliphatic rings. The van der Waals surface area contributed by atoms with Crippen LogP contribution in [0.2, 0.25) is 0 Å². The zero-order valence-corrected chi connectivity index (χ0v) is 13.4. The van der Waals surface area contributed by atoms with Gasteiger partial charge in [0.05, 0.1) is 4.88 Å². The quantitative estimate of drug-likeness (QED) is 0.748. The number of thiophene rings is 1. The SMILES string of the molecule is CC(=O)c1csc(C(=O)Nc2ccc(-c3ncn(C)n3)cc2)c1. The number of ketones is 1. The Morgan fingerprint density at radius 3 is 2.52 bits per heavy atom. The van der Waals surface area contributed by atoms with Crippen LogP contribution in [0.4, 0.5) is 5.69 Å². The molecule has 0 aliphatic carbocycles. The molecule has 0 saturated carbocycles.